The van der Waals surface area contributed by atoms with Gasteiger partial charge in [-0.05, 0) is 62.7 Å². The smallest absolute Gasteiger partial charge is 0.164 e. The van der Waals surface area contributed by atoms with Gasteiger partial charge in [-0.1, -0.05) is 208 Å². The van der Waals surface area contributed by atoms with Gasteiger partial charge >= 0.3 is 0 Å². The van der Waals surface area contributed by atoms with Gasteiger partial charge in [-0.25, -0.2) is 24.9 Å². The summed E-state index contributed by atoms with van der Waals surface area (Å²) in [5.41, 5.74) is 16.8. The van der Waals surface area contributed by atoms with Gasteiger partial charge in [0.15, 0.2) is 23.3 Å². The van der Waals surface area contributed by atoms with Gasteiger partial charge in [0.25, 0.3) is 0 Å². The molecular weight excluding hydrogens is 767 g/mol. The topological polar surface area (TPSA) is 64.5 Å². The number of benzene rings is 8. The Labute approximate surface area is 367 Å². The maximum absolute atomic E-state index is 5.30. The second kappa shape index (κ2) is 15.7. The summed E-state index contributed by atoms with van der Waals surface area (Å²) in [6, 6.07) is 73.8. The van der Waals surface area contributed by atoms with E-state index in [2.05, 4.69) is 184 Å². The molecule has 0 atom stereocenters. The van der Waals surface area contributed by atoms with Crippen LogP contribution in [0.25, 0.3) is 101 Å². The minimum absolute atomic E-state index is 0.158. The number of rotatable bonds is 8. The lowest BCUT2D eigenvalue weighted by Crippen LogP contribution is -2.14. The van der Waals surface area contributed by atoms with E-state index in [0.717, 1.165) is 67.0 Å². The van der Waals surface area contributed by atoms with Crippen molar-refractivity contribution in [2.24, 2.45) is 0 Å². The van der Waals surface area contributed by atoms with Crippen molar-refractivity contribution in [2.45, 2.75) is 19.3 Å². The average Bonchev–Trinajstić information content (AvgIpc) is 3.60. The fourth-order valence-electron chi connectivity index (χ4n) is 8.90. The first-order chi connectivity index (χ1) is 31.0. The van der Waals surface area contributed by atoms with Crippen molar-refractivity contribution in [1.29, 1.82) is 0 Å². The van der Waals surface area contributed by atoms with E-state index in [1.807, 2.05) is 42.5 Å². The first-order valence-corrected chi connectivity index (χ1v) is 21.3. The molecule has 63 heavy (non-hydrogen) atoms. The highest BCUT2D eigenvalue weighted by Gasteiger charge is 2.37. The van der Waals surface area contributed by atoms with E-state index in [-0.39, 0.29) is 5.41 Å². The van der Waals surface area contributed by atoms with Gasteiger partial charge in [0.1, 0.15) is 0 Å². The van der Waals surface area contributed by atoms with E-state index < -0.39 is 0 Å². The van der Waals surface area contributed by atoms with E-state index in [1.54, 1.807) is 0 Å². The molecule has 0 fully saturated rings. The van der Waals surface area contributed by atoms with E-state index >= 15 is 0 Å². The molecule has 2 aromatic heterocycles. The summed E-state index contributed by atoms with van der Waals surface area (Å²) in [4.78, 5) is 25.9. The molecule has 0 aliphatic heterocycles. The molecule has 298 valence electrons. The largest absolute Gasteiger partial charge is 0.228 e. The molecule has 0 radical (unpaired) electrons. The Morgan fingerprint density at radius 2 is 0.683 bits per heavy atom. The second-order valence-corrected chi connectivity index (χ2v) is 16.5. The lowest BCUT2D eigenvalue weighted by Gasteiger charge is -2.21. The summed E-state index contributed by atoms with van der Waals surface area (Å²) < 4.78 is 0. The van der Waals surface area contributed by atoms with Crippen LogP contribution in [0.5, 0.6) is 0 Å². The first kappa shape index (κ1) is 37.8. The van der Waals surface area contributed by atoms with Crippen molar-refractivity contribution in [1.82, 2.24) is 24.9 Å². The van der Waals surface area contributed by atoms with Gasteiger partial charge < -0.3 is 0 Å². The Balaban J connectivity index is 1.03. The van der Waals surface area contributed by atoms with Crippen LogP contribution in [-0.2, 0) is 5.41 Å². The summed E-state index contributed by atoms with van der Waals surface area (Å²) in [6.45, 7) is 4.60. The number of aromatic nitrogens is 5. The van der Waals surface area contributed by atoms with Crippen LogP contribution in [0.15, 0.2) is 212 Å². The molecule has 11 rings (SSSR count). The molecule has 0 unspecified atom stereocenters. The quantitative estimate of drug-likeness (QED) is 0.153. The second-order valence-electron chi connectivity index (χ2n) is 16.5. The zero-order chi connectivity index (χ0) is 42.3. The molecule has 5 nitrogen and oxygen atoms in total. The Morgan fingerprint density at radius 1 is 0.270 bits per heavy atom. The normalized spacial score (nSPS) is 12.4. The Kier molecular flexibility index (Phi) is 9.43. The van der Waals surface area contributed by atoms with Crippen molar-refractivity contribution >= 4 is 0 Å². The fourth-order valence-corrected chi connectivity index (χ4v) is 8.90. The summed E-state index contributed by atoms with van der Waals surface area (Å²) in [5, 5.41) is 0. The molecule has 0 saturated heterocycles. The monoisotopic (exact) mass is 807 g/mol. The molecular formula is C58H41N5. The summed E-state index contributed by atoms with van der Waals surface area (Å²) in [7, 11) is 0. The molecule has 8 aromatic carbocycles. The van der Waals surface area contributed by atoms with Crippen LogP contribution in [0.2, 0.25) is 0 Å². The number of hydrogen-bond acceptors (Lipinski definition) is 5. The molecule has 0 N–H and O–H groups in total. The van der Waals surface area contributed by atoms with Crippen LogP contribution in [0.3, 0.4) is 0 Å². The Morgan fingerprint density at radius 3 is 1.38 bits per heavy atom. The molecule has 0 amide bonds. The molecule has 0 spiro atoms. The number of fused-ring (bicyclic) bond motifs is 3. The van der Waals surface area contributed by atoms with Gasteiger partial charge in [0.05, 0.1) is 11.4 Å². The van der Waals surface area contributed by atoms with Gasteiger partial charge in [0, 0.05) is 38.8 Å². The lowest BCUT2D eigenvalue weighted by atomic mass is 9.82. The van der Waals surface area contributed by atoms with Crippen LogP contribution in [0, 0.1) is 0 Å². The van der Waals surface area contributed by atoms with Gasteiger partial charge in [-0.3, -0.25) is 0 Å². The van der Waals surface area contributed by atoms with Crippen molar-refractivity contribution in [2.75, 3.05) is 0 Å². The molecule has 2 heterocycles. The van der Waals surface area contributed by atoms with Crippen molar-refractivity contribution < 1.29 is 0 Å². The zero-order valence-electron chi connectivity index (χ0n) is 34.9. The molecule has 0 saturated carbocycles. The SMILES string of the molecule is CC1(C)c2ccccc2-c2c(-c3nc(-c4ccc(-c5ccccc5)cc4)nc(-c4cccc(-c5cccc(-c6cc(-c7ccccc7)nc(-c7ccccc7)n6)c5)c4)n3)cccc21. The van der Waals surface area contributed by atoms with Crippen LogP contribution >= 0.6 is 0 Å². The van der Waals surface area contributed by atoms with Crippen molar-refractivity contribution in [3.8, 4) is 101 Å². The fraction of sp³-hybridized carbons (Fsp3) is 0.0517. The van der Waals surface area contributed by atoms with Crippen molar-refractivity contribution in [3.63, 3.8) is 0 Å². The first-order valence-electron chi connectivity index (χ1n) is 21.3. The summed E-state index contributed by atoms with van der Waals surface area (Å²) >= 11 is 0. The number of hydrogen-bond donors (Lipinski definition) is 0. The van der Waals surface area contributed by atoms with E-state index in [0.29, 0.717) is 23.3 Å². The highest BCUT2D eigenvalue weighted by molar-refractivity contribution is 5.91. The highest BCUT2D eigenvalue weighted by Crippen LogP contribution is 2.51. The predicted octanol–water partition coefficient (Wildman–Crippen LogP) is 14.3. The predicted molar refractivity (Wildman–Crippen MR) is 256 cm³/mol. The zero-order valence-corrected chi connectivity index (χ0v) is 34.9. The molecule has 1 aliphatic carbocycles. The third-order valence-corrected chi connectivity index (χ3v) is 12.2. The molecule has 0 bridgehead atoms. The minimum atomic E-state index is -0.158. The van der Waals surface area contributed by atoms with Gasteiger partial charge in [0.2, 0.25) is 0 Å². The van der Waals surface area contributed by atoms with Crippen molar-refractivity contribution in [3.05, 3.63) is 223 Å². The van der Waals surface area contributed by atoms with E-state index in [4.69, 9.17) is 24.9 Å². The third-order valence-electron chi connectivity index (χ3n) is 12.2. The average molecular weight is 808 g/mol. The molecule has 10 aromatic rings. The maximum Gasteiger partial charge on any atom is 0.164 e. The lowest BCUT2D eigenvalue weighted by molar-refractivity contribution is 0.660. The Hall–Kier alpha value is -8.15. The van der Waals surface area contributed by atoms with Crippen LogP contribution < -0.4 is 0 Å². The van der Waals surface area contributed by atoms with Crippen LogP contribution in [0.4, 0.5) is 0 Å². The number of nitrogens with zero attached hydrogens (tertiary/aromatic N) is 5. The molecule has 1 aliphatic rings. The highest BCUT2D eigenvalue weighted by atomic mass is 15.0. The Bertz CT molecular complexity index is 3230. The van der Waals surface area contributed by atoms with Crippen LogP contribution in [-0.4, -0.2) is 24.9 Å². The standard InChI is InChI=1S/C58H41N5/c1-58(2)49-29-13-12-27-47(49)53-48(28-16-30-50(53)58)57-62-55(42-33-31-39(32-34-42)38-17-6-3-7-18-38)61-56(63-57)46-26-15-24-44(36-46)43-23-14-25-45(35-43)52-37-51(40-19-8-4-9-20-40)59-54(60-52)41-21-10-5-11-22-41/h3-37H,1-2H3. The maximum atomic E-state index is 5.30. The van der Waals surface area contributed by atoms with Gasteiger partial charge in [-0.2, -0.15) is 0 Å². The summed E-state index contributed by atoms with van der Waals surface area (Å²) in [6.07, 6.45) is 0. The van der Waals surface area contributed by atoms with E-state index in [1.165, 1.54) is 22.3 Å². The van der Waals surface area contributed by atoms with Gasteiger partial charge in [-0.15, -0.1) is 0 Å². The van der Waals surface area contributed by atoms with E-state index in [9.17, 15) is 0 Å². The van der Waals surface area contributed by atoms with Crippen LogP contribution in [0.1, 0.15) is 25.0 Å². The minimum Gasteiger partial charge on any atom is -0.228 e. The summed E-state index contributed by atoms with van der Waals surface area (Å²) in [5.74, 6) is 2.56. The molecule has 5 heteroatoms. The third kappa shape index (κ3) is 7.09.